The molecule has 3 nitrogen and oxygen atoms in total. The molecule has 0 saturated heterocycles. The second-order valence-electron chi connectivity index (χ2n) is 5.72. The van der Waals surface area contributed by atoms with Crippen molar-refractivity contribution in [1.29, 1.82) is 0 Å². The fraction of sp³-hybridized carbons (Fsp3) is 0.353. The Hall–Kier alpha value is -1.65. The first kappa shape index (κ1) is 14.3. The number of rotatable bonds is 5. The second-order valence-corrected chi connectivity index (χ2v) is 6.67. The van der Waals surface area contributed by atoms with Gasteiger partial charge in [-0.3, -0.25) is 4.79 Å². The molecule has 1 aromatic carbocycles. The summed E-state index contributed by atoms with van der Waals surface area (Å²) >= 11 is 1.55. The molecule has 2 N–H and O–H groups in total. The summed E-state index contributed by atoms with van der Waals surface area (Å²) in [5.74, 6) is 0.125. The van der Waals surface area contributed by atoms with Crippen LogP contribution in [0.4, 0.5) is 0 Å². The highest BCUT2D eigenvalue weighted by Gasteiger charge is 2.45. The van der Waals surface area contributed by atoms with E-state index >= 15 is 0 Å². The van der Waals surface area contributed by atoms with Crippen molar-refractivity contribution in [3.63, 3.8) is 0 Å². The van der Waals surface area contributed by atoms with Crippen LogP contribution in [0.5, 0.6) is 0 Å². The van der Waals surface area contributed by atoms with E-state index in [-0.39, 0.29) is 18.4 Å². The van der Waals surface area contributed by atoms with Crippen LogP contribution in [0, 0.1) is 12.8 Å². The lowest BCUT2D eigenvalue weighted by atomic mass is 9.95. The summed E-state index contributed by atoms with van der Waals surface area (Å²) < 4.78 is 0. The molecule has 1 fully saturated rings. The topological polar surface area (TPSA) is 49.3 Å². The van der Waals surface area contributed by atoms with Gasteiger partial charge in [0.05, 0.1) is 6.54 Å². The van der Waals surface area contributed by atoms with Gasteiger partial charge in [-0.25, -0.2) is 0 Å². The number of carbonyl (C=O) groups is 1. The van der Waals surface area contributed by atoms with Gasteiger partial charge in [0, 0.05) is 10.4 Å². The van der Waals surface area contributed by atoms with E-state index in [1.54, 1.807) is 11.3 Å². The predicted octanol–water partition coefficient (Wildman–Crippen LogP) is 3.08. The Kier molecular flexibility index (Phi) is 3.83. The molecule has 0 spiro atoms. The molecule has 1 amide bonds. The number of carbonyl (C=O) groups excluding carboxylic acids is 1. The third-order valence-electron chi connectivity index (χ3n) is 4.03. The maximum absolute atomic E-state index is 12.2. The van der Waals surface area contributed by atoms with Gasteiger partial charge in [-0.05, 0) is 49.3 Å². The van der Waals surface area contributed by atoms with Crippen LogP contribution in [0.3, 0.4) is 0 Å². The Morgan fingerprint density at radius 1 is 1.33 bits per heavy atom. The Morgan fingerprint density at radius 3 is 2.62 bits per heavy atom. The van der Waals surface area contributed by atoms with Crippen molar-refractivity contribution in [2.45, 2.75) is 25.4 Å². The molecule has 4 heteroatoms. The molecule has 1 heterocycles. The van der Waals surface area contributed by atoms with Gasteiger partial charge in [-0.15, -0.1) is 11.3 Å². The summed E-state index contributed by atoms with van der Waals surface area (Å²) in [6.07, 6.45) is 2.05. The minimum absolute atomic E-state index is 0.134. The minimum Gasteiger partial charge on any atom is -0.382 e. The van der Waals surface area contributed by atoms with Crippen LogP contribution in [-0.4, -0.2) is 17.6 Å². The molecule has 1 unspecified atom stereocenters. The number of benzene rings is 1. The number of aliphatic hydroxyl groups is 1. The van der Waals surface area contributed by atoms with Crippen LogP contribution in [0.1, 0.15) is 33.6 Å². The lowest BCUT2D eigenvalue weighted by Crippen LogP contribution is -2.42. The molecule has 110 valence electrons. The van der Waals surface area contributed by atoms with Crippen molar-refractivity contribution in [3.8, 4) is 0 Å². The fourth-order valence-corrected chi connectivity index (χ4v) is 3.44. The number of hydrogen-bond donors (Lipinski definition) is 2. The van der Waals surface area contributed by atoms with E-state index in [0.717, 1.165) is 23.3 Å². The number of amides is 1. The zero-order chi connectivity index (χ0) is 14.9. The SMILES string of the molecule is Cc1ccc(C(=O)NCC(O)(c2cccs2)C2CC2)cc1. The van der Waals surface area contributed by atoms with Crippen molar-refractivity contribution in [2.24, 2.45) is 5.92 Å². The van der Waals surface area contributed by atoms with Crippen LogP contribution < -0.4 is 5.32 Å². The van der Waals surface area contributed by atoms with E-state index in [0.29, 0.717) is 5.56 Å². The van der Waals surface area contributed by atoms with E-state index < -0.39 is 5.60 Å². The summed E-state index contributed by atoms with van der Waals surface area (Å²) in [5.41, 5.74) is 0.832. The summed E-state index contributed by atoms with van der Waals surface area (Å²) in [7, 11) is 0. The largest absolute Gasteiger partial charge is 0.382 e. The molecule has 1 aliphatic carbocycles. The van der Waals surface area contributed by atoms with E-state index in [1.165, 1.54) is 0 Å². The summed E-state index contributed by atoms with van der Waals surface area (Å²) in [6.45, 7) is 2.26. The van der Waals surface area contributed by atoms with Crippen LogP contribution >= 0.6 is 11.3 Å². The molecular weight excluding hydrogens is 282 g/mol. The number of nitrogens with one attached hydrogen (secondary N) is 1. The molecule has 1 atom stereocenters. The van der Waals surface area contributed by atoms with Gasteiger partial charge >= 0.3 is 0 Å². The predicted molar refractivity (Wildman–Crippen MR) is 84.5 cm³/mol. The van der Waals surface area contributed by atoms with Crippen molar-refractivity contribution in [1.82, 2.24) is 5.32 Å². The highest BCUT2D eigenvalue weighted by atomic mass is 32.1. The molecule has 0 bridgehead atoms. The van der Waals surface area contributed by atoms with Gasteiger partial charge < -0.3 is 10.4 Å². The molecular formula is C17H19NO2S. The number of thiophene rings is 1. The Labute approximate surface area is 128 Å². The highest BCUT2D eigenvalue weighted by Crippen LogP contribution is 2.46. The Morgan fingerprint density at radius 2 is 2.05 bits per heavy atom. The van der Waals surface area contributed by atoms with Crippen LogP contribution in [0.25, 0.3) is 0 Å². The summed E-state index contributed by atoms with van der Waals surface area (Å²) in [6, 6.07) is 11.3. The van der Waals surface area contributed by atoms with Gasteiger partial charge in [0.1, 0.15) is 5.60 Å². The molecule has 3 rings (SSSR count). The maximum atomic E-state index is 12.2. The Balaban J connectivity index is 1.70. The van der Waals surface area contributed by atoms with Crippen LogP contribution in [-0.2, 0) is 5.60 Å². The second kappa shape index (κ2) is 5.62. The van der Waals surface area contributed by atoms with Crippen molar-refractivity contribution in [2.75, 3.05) is 6.54 Å². The van der Waals surface area contributed by atoms with E-state index in [2.05, 4.69) is 5.32 Å². The van der Waals surface area contributed by atoms with E-state index in [9.17, 15) is 9.90 Å². The molecule has 2 aromatic rings. The van der Waals surface area contributed by atoms with Crippen molar-refractivity contribution in [3.05, 3.63) is 57.8 Å². The van der Waals surface area contributed by atoms with Gasteiger partial charge in [-0.2, -0.15) is 0 Å². The lowest BCUT2D eigenvalue weighted by molar-refractivity contribution is 0.0169. The standard InChI is InChI=1S/C17H19NO2S/c1-12-4-6-13(7-5-12)16(19)18-11-17(20,14-8-9-14)15-3-2-10-21-15/h2-7,10,14,20H,8-9,11H2,1H3,(H,18,19). The molecule has 1 aliphatic rings. The minimum atomic E-state index is -0.922. The highest BCUT2D eigenvalue weighted by molar-refractivity contribution is 7.10. The monoisotopic (exact) mass is 301 g/mol. The third-order valence-corrected chi connectivity index (χ3v) is 5.07. The molecule has 0 radical (unpaired) electrons. The van der Waals surface area contributed by atoms with Crippen molar-refractivity contribution >= 4 is 17.2 Å². The fourth-order valence-electron chi connectivity index (χ4n) is 2.54. The van der Waals surface area contributed by atoms with Crippen LogP contribution in [0.15, 0.2) is 41.8 Å². The zero-order valence-corrected chi connectivity index (χ0v) is 12.8. The first-order valence-electron chi connectivity index (χ1n) is 7.21. The third kappa shape index (κ3) is 3.01. The molecule has 21 heavy (non-hydrogen) atoms. The quantitative estimate of drug-likeness (QED) is 0.891. The smallest absolute Gasteiger partial charge is 0.251 e. The molecule has 0 aliphatic heterocycles. The van der Waals surface area contributed by atoms with Crippen molar-refractivity contribution < 1.29 is 9.90 Å². The first-order chi connectivity index (χ1) is 10.1. The van der Waals surface area contributed by atoms with Gasteiger partial charge in [0.15, 0.2) is 0 Å². The van der Waals surface area contributed by atoms with Gasteiger partial charge in [0.25, 0.3) is 5.91 Å². The number of aryl methyl sites for hydroxylation is 1. The van der Waals surface area contributed by atoms with Crippen LogP contribution in [0.2, 0.25) is 0 Å². The molecule has 1 aromatic heterocycles. The number of hydrogen-bond acceptors (Lipinski definition) is 3. The lowest BCUT2D eigenvalue weighted by Gasteiger charge is -2.27. The zero-order valence-electron chi connectivity index (χ0n) is 12.0. The van der Waals surface area contributed by atoms with Gasteiger partial charge in [0.2, 0.25) is 0 Å². The summed E-state index contributed by atoms with van der Waals surface area (Å²) in [4.78, 5) is 13.1. The Bertz CT molecular complexity index is 617. The maximum Gasteiger partial charge on any atom is 0.251 e. The van der Waals surface area contributed by atoms with E-state index in [4.69, 9.17) is 0 Å². The average molecular weight is 301 g/mol. The van der Waals surface area contributed by atoms with E-state index in [1.807, 2.05) is 48.7 Å². The average Bonchev–Trinajstić information content (AvgIpc) is 3.20. The first-order valence-corrected chi connectivity index (χ1v) is 8.09. The normalized spacial score (nSPS) is 17.2. The molecule has 1 saturated carbocycles. The van der Waals surface area contributed by atoms with Gasteiger partial charge in [-0.1, -0.05) is 23.8 Å². The summed E-state index contributed by atoms with van der Waals surface area (Å²) in [5, 5.41) is 15.8.